The Bertz CT molecular complexity index is 894. The van der Waals surface area contributed by atoms with Crippen molar-refractivity contribution in [1.82, 2.24) is 5.43 Å². The monoisotopic (exact) mass is 300 g/mol. The zero-order valence-corrected chi connectivity index (χ0v) is 12.6. The van der Waals surface area contributed by atoms with Crippen molar-refractivity contribution >= 4 is 22.3 Å². The minimum atomic E-state index is -0.0196. The average molecular weight is 300 g/mol. The molecule has 1 N–H and O–H groups in total. The second-order valence-electron chi connectivity index (χ2n) is 5.68. The lowest BCUT2D eigenvalue weighted by atomic mass is 9.87. The fourth-order valence-electron chi connectivity index (χ4n) is 3.15. The average Bonchev–Trinajstić information content (AvgIpc) is 3.11. The first-order chi connectivity index (χ1) is 11.3. The minimum absolute atomic E-state index is 0.00599. The van der Waals surface area contributed by atoms with Gasteiger partial charge in [0.05, 0.1) is 5.92 Å². The summed E-state index contributed by atoms with van der Waals surface area (Å²) < 4.78 is 0. The topological polar surface area (TPSA) is 41.5 Å². The number of hydrazone groups is 1. The normalized spacial score (nSPS) is 16.9. The third kappa shape index (κ3) is 2.40. The van der Waals surface area contributed by atoms with Crippen molar-refractivity contribution in [2.75, 3.05) is 6.54 Å². The van der Waals surface area contributed by atoms with E-state index in [4.69, 9.17) is 0 Å². The first kappa shape index (κ1) is 13.7. The number of benzene rings is 3. The van der Waals surface area contributed by atoms with Crippen LogP contribution in [0, 0.1) is 0 Å². The number of ketones is 1. The molecule has 3 nitrogen and oxygen atoms in total. The number of hydrogen-bond acceptors (Lipinski definition) is 3. The molecule has 4 rings (SSSR count). The summed E-state index contributed by atoms with van der Waals surface area (Å²) in [6.45, 7) is 0.655. The van der Waals surface area contributed by atoms with Gasteiger partial charge in [0.15, 0.2) is 0 Å². The number of carbonyl (C=O) groups is 1. The summed E-state index contributed by atoms with van der Waals surface area (Å²) in [7, 11) is 0. The Kier molecular flexibility index (Phi) is 3.39. The zero-order chi connectivity index (χ0) is 15.6. The fourth-order valence-corrected chi connectivity index (χ4v) is 3.15. The molecule has 0 amide bonds. The van der Waals surface area contributed by atoms with E-state index in [-0.39, 0.29) is 11.7 Å². The van der Waals surface area contributed by atoms with Gasteiger partial charge in [-0.2, -0.15) is 5.10 Å². The number of nitrogens with zero attached hydrogens (tertiary/aromatic N) is 1. The van der Waals surface area contributed by atoms with Crippen molar-refractivity contribution in [3.8, 4) is 0 Å². The molecule has 3 aromatic carbocycles. The van der Waals surface area contributed by atoms with Crippen molar-refractivity contribution < 1.29 is 4.79 Å². The first-order valence-electron chi connectivity index (χ1n) is 7.72. The number of rotatable bonds is 3. The zero-order valence-electron chi connectivity index (χ0n) is 12.6. The van der Waals surface area contributed by atoms with Crippen molar-refractivity contribution in [3.05, 3.63) is 83.9 Å². The number of fused-ring (bicyclic) bond motifs is 1. The van der Waals surface area contributed by atoms with Crippen LogP contribution >= 0.6 is 0 Å². The number of carbonyl (C=O) groups excluding carboxylic acids is 1. The van der Waals surface area contributed by atoms with E-state index < -0.39 is 0 Å². The molecule has 0 aromatic heterocycles. The lowest BCUT2D eigenvalue weighted by Gasteiger charge is -2.14. The van der Waals surface area contributed by atoms with Gasteiger partial charge in [-0.1, -0.05) is 72.8 Å². The summed E-state index contributed by atoms with van der Waals surface area (Å²) >= 11 is 0. The van der Waals surface area contributed by atoms with E-state index in [2.05, 4.69) is 34.8 Å². The Morgan fingerprint density at radius 3 is 2.52 bits per heavy atom. The quantitative estimate of drug-likeness (QED) is 0.748. The summed E-state index contributed by atoms with van der Waals surface area (Å²) in [5.41, 5.74) is 5.42. The smallest absolute Gasteiger partial charge is 0.209 e. The van der Waals surface area contributed by atoms with E-state index in [1.54, 1.807) is 0 Å². The van der Waals surface area contributed by atoms with Gasteiger partial charge in [0.1, 0.15) is 5.71 Å². The predicted molar refractivity (Wildman–Crippen MR) is 92.9 cm³/mol. The lowest BCUT2D eigenvalue weighted by molar-refractivity contribution is 0.106. The lowest BCUT2D eigenvalue weighted by Crippen LogP contribution is -2.21. The number of nitrogens with one attached hydrogen (secondary N) is 1. The Morgan fingerprint density at radius 2 is 1.65 bits per heavy atom. The summed E-state index contributed by atoms with van der Waals surface area (Å²) in [6, 6.07) is 23.8. The molecular weight excluding hydrogens is 284 g/mol. The van der Waals surface area contributed by atoms with Crippen LogP contribution in [0.1, 0.15) is 21.8 Å². The van der Waals surface area contributed by atoms with E-state index >= 15 is 0 Å². The molecule has 0 spiro atoms. The highest BCUT2D eigenvalue weighted by Gasteiger charge is 2.30. The van der Waals surface area contributed by atoms with Gasteiger partial charge < -0.3 is 5.43 Å². The molecule has 0 saturated carbocycles. The molecule has 1 heterocycles. The highest BCUT2D eigenvalue weighted by molar-refractivity contribution is 6.48. The molecule has 0 saturated heterocycles. The standard InChI is InChI=1S/C20H16N2O/c23-20(15-8-2-1-3-9-15)19-18(13-21-22-19)17-12-6-10-14-7-4-5-11-16(14)17/h1-12,18,21H,13H2/t18-/m1/s1. The van der Waals surface area contributed by atoms with Crippen LogP contribution in [0.25, 0.3) is 10.8 Å². The van der Waals surface area contributed by atoms with Gasteiger partial charge in [0.25, 0.3) is 0 Å². The summed E-state index contributed by atoms with van der Waals surface area (Å²) in [4.78, 5) is 12.8. The minimum Gasteiger partial charge on any atom is -0.309 e. The molecule has 1 aliphatic rings. The molecule has 0 fully saturated rings. The van der Waals surface area contributed by atoms with E-state index in [0.717, 1.165) is 5.56 Å². The molecule has 3 aromatic rings. The highest BCUT2D eigenvalue weighted by Crippen LogP contribution is 2.29. The predicted octanol–water partition coefficient (Wildman–Crippen LogP) is 3.77. The van der Waals surface area contributed by atoms with E-state index in [9.17, 15) is 4.79 Å². The molecular formula is C20H16N2O. The van der Waals surface area contributed by atoms with Gasteiger partial charge in [0, 0.05) is 12.1 Å². The summed E-state index contributed by atoms with van der Waals surface area (Å²) in [6.07, 6.45) is 0. The molecule has 0 unspecified atom stereocenters. The van der Waals surface area contributed by atoms with Crippen LogP contribution in [0.2, 0.25) is 0 Å². The molecule has 112 valence electrons. The summed E-state index contributed by atoms with van der Waals surface area (Å²) in [5.74, 6) is -0.0256. The molecule has 0 radical (unpaired) electrons. The van der Waals surface area contributed by atoms with Crippen LogP contribution < -0.4 is 5.43 Å². The fraction of sp³-hybridized carbons (Fsp3) is 0.100. The van der Waals surface area contributed by atoms with Gasteiger partial charge >= 0.3 is 0 Å². The first-order valence-corrected chi connectivity index (χ1v) is 7.72. The van der Waals surface area contributed by atoms with Crippen molar-refractivity contribution in [3.63, 3.8) is 0 Å². The second kappa shape index (κ2) is 5.69. The Morgan fingerprint density at radius 1 is 0.913 bits per heavy atom. The molecule has 0 bridgehead atoms. The van der Waals surface area contributed by atoms with E-state index in [1.165, 1.54) is 10.8 Å². The van der Waals surface area contributed by atoms with Crippen LogP contribution in [0.15, 0.2) is 77.9 Å². The Labute approximate surface area is 134 Å². The van der Waals surface area contributed by atoms with Crippen LogP contribution in [0.5, 0.6) is 0 Å². The van der Waals surface area contributed by atoms with Crippen LogP contribution in [-0.2, 0) is 0 Å². The largest absolute Gasteiger partial charge is 0.309 e. The molecule has 0 aliphatic carbocycles. The Hall–Kier alpha value is -2.94. The molecule has 1 atom stereocenters. The van der Waals surface area contributed by atoms with Crippen molar-refractivity contribution in [2.24, 2.45) is 5.10 Å². The van der Waals surface area contributed by atoms with E-state index in [0.29, 0.717) is 17.8 Å². The third-order valence-electron chi connectivity index (χ3n) is 4.29. The molecule has 3 heteroatoms. The van der Waals surface area contributed by atoms with Gasteiger partial charge in [-0.25, -0.2) is 0 Å². The molecule has 23 heavy (non-hydrogen) atoms. The third-order valence-corrected chi connectivity index (χ3v) is 4.29. The van der Waals surface area contributed by atoms with Crippen LogP contribution in [0.3, 0.4) is 0 Å². The maximum Gasteiger partial charge on any atom is 0.209 e. The van der Waals surface area contributed by atoms with Crippen LogP contribution in [0.4, 0.5) is 0 Å². The van der Waals surface area contributed by atoms with Gasteiger partial charge in [-0.15, -0.1) is 0 Å². The van der Waals surface area contributed by atoms with Crippen molar-refractivity contribution in [1.29, 1.82) is 0 Å². The summed E-state index contributed by atoms with van der Waals surface area (Å²) in [5, 5.41) is 6.66. The number of Topliss-reactive ketones (excluding diaryl/α,β-unsaturated/α-hetero) is 1. The van der Waals surface area contributed by atoms with E-state index in [1.807, 2.05) is 48.5 Å². The van der Waals surface area contributed by atoms with Gasteiger partial charge in [-0.05, 0) is 16.3 Å². The van der Waals surface area contributed by atoms with Gasteiger partial charge in [-0.3, -0.25) is 4.79 Å². The maximum atomic E-state index is 12.8. The van der Waals surface area contributed by atoms with Gasteiger partial charge in [0.2, 0.25) is 5.78 Å². The van der Waals surface area contributed by atoms with Crippen LogP contribution in [-0.4, -0.2) is 18.0 Å². The number of hydrogen-bond donors (Lipinski definition) is 1. The second-order valence-corrected chi connectivity index (χ2v) is 5.68. The molecule has 1 aliphatic heterocycles. The maximum absolute atomic E-state index is 12.8. The highest BCUT2D eigenvalue weighted by atomic mass is 16.1. The van der Waals surface area contributed by atoms with Crippen molar-refractivity contribution in [2.45, 2.75) is 5.92 Å². The Balaban J connectivity index is 1.77. The SMILES string of the molecule is O=C(C1=NNC[C@@H]1c1cccc2ccccc12)c1ccccc1.